The van der Waals surface area contributed by atoms with Gasteiger partial charge in [0.05, 0.1) is 17.7 Å². The average Bonchev–Trinajstić information content (AvgIpc) is 2.39. The highest BCUT2D eigenvalue weighted by atomic mass is 35.5. The van der Waals surface area contributed by atoms with Crippen molar-refractivity contribution in [1.82, 2.24) is 4.98 Å². The molecule has 1 saturated heterocycles. The third-order valence-electron chi connectivity index (χ3n) is 3.64. The van der Waals surface area contributed by atoms with E-state index in [0.29, 0.717) is 16.5 Å². The van der Waals surface area contributed by atoms with Gasteiger partial charge in [-0.2, -0.15) is 0 Å². The van der Waals surface area contributed by atoms with E-state index in [9.17, 15) is 10.2 Å². The second-order valence-electron chi connectivity index (χ2n) is 4.86. The van der Waals surface area contributed by atoms with Crippen molar-refractivity contribution in [2.75, 3.05) is 18.0 Å². The number of halogens is 1. The summed E-state index contributed by atoms with van der Waals surface area (Å²) in [7, 11) is 0. The van der Waals surface area contributed by atoms with Crippen molar-refractivity contribution in [3.05, 3.63) is 22.8 Å². The van der Waals surface area contributed by atoms with Crippen molar-refractivity contribution in [3.63, 3.8) is 0 Å². The minimum Gasteiger partial charge on any atom is -0.393 e. The lowest BCUT2D eigenvalue weighted by molar-refractivity contribution is 0.110. The number of aliphatic hydroxyl groups is 2. The Balaban J connectivity index is 2.05. The second-order valence-corrected chi connectivity index (χ2v) is 5.26. The summed E-state index contributed by atoms with van der Waals surface area (Å²) in [4.78, 5) is 6.48. The minimum absolute atomic E-state index is 0.0709. The van der Waals surface area contributed by atoms with Gasteiger partial charge in [0.1, 0.15) is 5.82 Å². The highest BCUT2D eigenvalue weighted by Crippen LogP contribution is 2.26. The molecule has 1 aromatic rings. The van der Waals surface area contributed by atoms with Crippen LogP contribution < -0.4 is 4.90 Å². The van der Waals surface area contributed by atoms with Crippen LogP contribution >= 0.6 is 11.6 Å². The Bertz CT molecular complexity index is 404. The fraction of sp³-hybridized carbons (Fsp3) is 0.615. The number of aromatic nitrogens is 1. The number of anilines is 1. The molecule has 4 nitrogen and oxygen atoms in total. The SMILES string of the molecule is CC(O)C1CCN(c2cc(CO)c(Cl)cn2)CC1. The normalized spacial score (nSPS) is 19.0. The molecule has 2 heterocycles. The van der Waals surface area contributed by atoms with Crippen LogP contribution in [0.25, 0.3) is 0 Å². The maximum absolute atomic E-state index is 9.57. The standard InChI is InChI=1S/C13H19ClN2O2/c1-9(18)10-2-4-16(5-3-10)13-6-11(8-17)12(14)7-15-13/h6-7,9-10,17-18H,2-5,8H2,1H3. The Morgan fingerprint density at radius 1 is 1.50 bits per heavy atom. The molecule has 100 valence electrons. The Hall–Kier alpha value is -0.840. The van der Waals surface area contributed by atoms with Crippen LogP contribution in [-0.2, 0) is 6.61 Å². The van der Waals surface area contributed by atoms with Crippen molar-refractivity contribution in [2.45, 2.75) is 32.5 Å². The highest BCUT2D eigenvalue weighted by Gasteiger charge is 2.23. The quantitative estimate of drug-likeness (QED) is 0.880. The van der Waals surface area contributed by atoms with Crippen LogP contribution in [-0.4, -0.2) is 34.4 Å². The Morgan fingerprint density at radius 3 is 2.72 bits per heavy atom. The molecule has 0 aliphatic carbocycles. The van der Waals surface area contributed by atoms with E-state index in [-0.39, 0.29) is 12.7 Å². The summed E-state index contributed by atoms with van der Waals surface area (Å²) < 4.78 is 0. The molecule has 1 aromatic heterocycles. The number of hydrogen-bond donors (Lipinski definition) is 2. The van der Waals surface area contributed by atoms with Gasteiger partial charge in [-0.15, -0.1) is 0 Å². The molecule has 1 atom stereocenters. The third-order valence-corrected chi connectivity index (χ3v) is 3.98. The van der Waals surface area contributed by atoms with Gasteiger partial charge in [0.25, 0.3) is 0 Å². The molecule has 2 N–H and O–H groups in total. The van der Waals surface area contributed by atoms with Gasteiger partial charge in [0, 0.05) is 24.8 Å². The smallest absolute Gasteiger partial charge is 0.128 e. The molecule has 0 spiro atoms. The molecule has 5 heteroatoms. The summed E-state index contributed by atoms with van der Waals surface area (Å²) in [5.41, 5.74) is 0.708. The molecular weight excluding hydrogens is 252 g/mol. The molecule has 0 bridgehead atoms. The lowest BCUT2D eigenvalue weighted by Gasteiger charge is -2.34. The van der Waals surface area contributed by atoms with Crippen molar-refractivity contribution in [2.24, 2.45) is 5.92 Å². The van der Waals surface area contributed by atoms with Gasteiger partial charge >= 0.3 is 0 Å². The van der Waals surface area contributed by atoms with E-state index in [4.69, 9.17) is 11.6 Å². The van der Waals surface area contributed by atoms with Gasteiger partial charge in [-0.1, -0.05) is 11.6 Å². The molecule has 2 rings (SSSR count). The van der Waals surface area contributed by atoms with Crippen LogP contribution in [0.1, 0.15) is 25.3 Å². The van der Waals surface area contributed by atoms with Gasteiger partial charge in [-0.3, -0.25) is 0 Å². The molecule has 0 saturated carbocycles. The minimum atomic E-state index is -0.238. The third kappa shape index (κ3) is 2.94. The van der Waals surface area contributed by atoms with E-state index < -0.39 is 0 Å². The van der Waals surface area contributed by atoms with E-state index in [1.165, 1.54) is 0 Å². The second kappa shape index (κ2) is 5.87. The Morgan fingerprint density at radius 2 is 2.17 bits per heavy atom. The molecule has 18 heavy (non-hydrogen) atoms. The zero-order chi connectivity index (χ0) is 13.1. The first-order chi connectivity index (χ1) is 8.61. The zero-order valence-electron chi connectivity index (χ0n) is 10.5. The van der Waals surface area contributed by atoms with Crippen LogP contribution in [0, 0.1) is 5.92 Å². The van der Waals surface area contributed by atoms with E-state index in [1.54, 1.807) is 6.20 Å². The molecule has 1 aliphatic rings. The van der Waals surface area contributed by atoms with Crippen LogP contribution in [0.15, 0.2) is 12.3 Å². The van der Waals surface area contributed by atoms with Crippen molar-refractivity contribution in [3.8, 4) is 0 Å². The van der Waals surface area contributed by atoms with Gasteiger partial charge in [-0.25, -0.2) is 4.98 Å². The Labute approximate surface area is 112 Å². The maximum Gasteiger partial charge on any atom is 0.128 e. The monoisotopic (exact) mass is 270 g/mol. The van der Waals surface area contributed by atoms with Crippen molar-refractivity contribution >= 4 is 17.4 Å². The van der Waals surface area contributed by atoms with E-state index in [0.717, 1.165) is 31.7 Å². The lowest BCUT2D eigenvalue weighted by atomic mass is 9.92. The highest BCUT2D eigenvalue weighted by molar-refractivity contribution is 6.31. The number of pyridine rings is 1. The number of hydrogen-bond acceptors (Lipinski definition) is 4. The number of rotatable bonds is 3. The van der Waals surface area contributed by atoms with Crippen LogP contribution in [0.2, 0.25) is 5.02 Å². The first-order valence-electron chi connectivity index (χ1n) is 6.30. The summed E-state index contributed by atoms with van der Waals surface area (Å²) in [5.74, 6) is 1.23. The van der Waals surface area contributed by atoms with Gasteiger partial charge in [0.15, 0.2) is 0 Å². The molecule has 1 unspecified atom stereocenters. The van der Waals surface area contributed by atoms with Crippen molar-refractivity contribution in [1.29, 1.82) is 0 Å². The lowest BCUT2D eigenvalue weighted by Crippen LogP contribution is -2.37. The van der Waals surface area contributed by atoms with Crippen LogP contribution in [0.5, 0.6) is 0 Å². The molecule has 1 fully saturated rings. The van der Waals surface area contributed by atoms with Crippen molar-refractivity contribution < 1.29 is 10.2 Å². The Kier molecular flexibility index (Phi) is 4.43. The van der Waals surface area contributed by atoms with Gasteiger partial charge in [0.2, 0.25) is 0 Å². The molecule has 0 aromatic carbocycles. The molecule has 1 aliphatic heterocycles. The van der Waals surface area contributed by atoms with E-state index in [1.807, 2.05) is 13.0 Å². The van der Waals surface area contributed by atoms with Gasteiger partial charge in [-0.05, 0) is 31.7 Å². The topological polar surface area (TPSA) is 56.6 Å². The summed E-state index contributed by atoms with van der Waals surface area (Å²) >= 11 is 5.93. The summed E-state index contributed by atoms with van der Waals surface area (Å²) in [6.45, 7) is 3.55. The maximum atomic E-state index is 9.57. The number of piperidine rings is 1. The average molecular weight is 271 g/mol. The van der Waals surface area contributed by atoms with Crippen LogP contribution in [0.3, 0.4) is 0 Å². The first kappa shape index (κ1) is 13.6. The molecule has 0 amide bonds. The number of aliphatic hydroxyl groups excluding tert-OH is 2. The van der Waals surface area contributed by atoms with Crippen LogP contribution in [0.4, 0.5) is 5.82 Å². The number of nitrogens with zero attached hydrogens (tertiary/aromatic N) is 2. The fourth-order valence-electron chi connectivity index (χ4n) is 2.37. The largest absolute Gasteiger partial charge is 0.393 e. The first-order valence-corrected chi connectivity index (χ1v) is 6.68. The van der Waals surface area contributed by atoms with E-state index >= 15 is 0 Å². The molecule has 0 radical (unpaired) electrons. The summed E-state index contributed by atoms with van der Waals surface area (Å²) in [6, 6.07) is 1.84. The zero-order valence-corrected chi connectivity index (χ0v) is 11.3. The summed E-state index contributed by atoms with van der Waals surface area (Å²) in [5, 5.41) is 19.3. The predicted molar refractivity (Wildman–Crippen MR) is 71.8 cm³/mol. The predicted octanol–water partition coefficient (Wildman–Crippen LogP) is 1.82. The van der Waals surface area contributed by atoms with Gasteiger partial charge < -0.3 is 15.1 Å². The molecular formula is C13H19ClN2O2. The summed E-state index contributed by atoms with van der Waals surface area (Å²) in [6.07, 6.45) is 3.29. The fourth-order valence-corrected chi connectivity index (χ4v) is 2.54. The van der Waals surface area contributed by atoms with E-state index in [2.05, 4.69) is 9.88 Å².